The molecule has 4 heteroatoms. The van der Waals surface area contributed by atoms with E-state index in [0.29, 0.717) is 0 Å². The Kier molecular flexibility index (Phi) is 9.71. The Morgan fingerprint density at radius 2 is 1.79 bits per heavy atom. The summed E-state index contributed by atoms with van der Waals surface area (Å²) in [6.07, 6.45) is 3.71. The molecule has 3 nitrogen and oxygen atoms in total. The van der Waals surface area contributed by atoms with Gasteiger partial charge in [-0.1, -0.05) is 32.9 Å². The van der Waals surface area contributed by atoms with Crippen LogP contribution in [0.15, 0.2) is 12.2 Å². The van der Waals surface area contributed by atoms with E-state index >= 15 is 0 Å². The first kappa shape index (κ1) is 18.9. The molecule has 0 aromatic heterocycles. The fraction of sp³-hybridized carbons (Fsp3) is 0.867. The molecule has 0 radical (unpaired) electrons. The zero-order chi connectivity index (χ0) is 15.0. The molecule has 0 aromatic rings. The smallest absolute Gasteiger partial charge is 0.0968 e. The first-order valence-electron chi connectivity index (χ1n) is 7.04. The average Bonchev–Trinajstić information content (AvgIpc) is 2.43. The molecular formula is C15H29ClO3. The lowest BCUT2D eigenvalue weighted by Crippen LogP contribution is -2.44. The SMILES string of the molecule is C/C=C/CC(C)C(O)C(O)C(Cl)C(C)C(CC)OC. The molecule has 0 aliphatic rings. The number of aliphatic hydroxyl groups is 2. The highest BCUT2D eigenvalue weighted by Crippen LogP contribution is 2.26. The van der Waals surface area contributed by atoms with E-state index in [1.54, 1.807) is 7.11 Å². The monoisotopic (exact) mass is 292 g/mol. The fourth-order valence-electron chi connectivity index (χ4n) is 2.28. The van der Waals surface area contributed by atoms with Crippen molar-refractivity contribution in [1.82, 2.24) is 0 Å². The highest BCUT2D eigenvalue weighted by atomic mass is 35.5. The maximum Gasteiger partial charge on any atom is 0.0968 e. The summed E-state index contributed by atoms with van der Waals surface area (Å²) in [5, 5.41) is 19.8. The summed E-state index contributed by atoms with van der Waals surface area (Å²) in [5.74, 6) is -0.0440. The van der Waals surface area contributed by atoms with Crippen LogP contribution in [-0.2, 0) is 4.74 Å². The minimum atomic E-state index is -0.943. The predicted molar refractivity (Wildman–Crippen MR) is 80.5 cm³/mol. The van der Waals surface area contributed by atoms with Crippen molar-refractivity contribution in [2.24, 2.45) is 11.8 Å². The predicted octanol–water partition coefficient (Wildman–Crippen LogP) is 2.98. The number of rotatable bonds is 9. The van der Waals surface area contributed by atoms with Gasteiger partial charge in [-0.3, -0.25) is 0 Å². The molecule has 19 heavy (non-hydrogen) atoms. The zero-order valence-electron chi connectivity index (χ0n) is 12.7. The van der Waals surface area contributed by atoms with Gasteiger partial charge in [0.1, 0.15) is 0 Å². The van der Waals surface area contributed by atoms with Crippen molar-refractivity contribution < 1.29 is 14.9 Å². The molecule has 0 aliphatic heterocycles. The molecule has 0 aromatic carbocycles. The van der Waals surface area contributed by atoms with E-state index in [1.165, 1.54) is 0 Å². The lowest BCUT2D eigenvalue weighted by Gasteiger charge is -2.32. The number of alkyl halides is 1. The molecule has 0 spiro atoms. The van der Waals surface area contributed by atoms with Gasteiger partial charge in [-0.25, -0.2) is 0 Å². The lowest BCUT2D eigenvalue weighted by molar-refractivity contribution is -0.0364. The Morgan fingerprint density at radius 1 is 1.21 bits per heavy atom. The van der Waals surface area contributed by atoms with Crippen LogP contribution in [0.1, 0.15) is 40.5 Å². The standard InChI is InChI=1S/C15H29ClO3/c1-6-8-9-10(3)14(17)15(18)13(16)11(4)12(7-2)19-5/h6,8,10-15,17-18H,7,9H2,1-5H3/b8-6+. The third-order valence-corrected chi connectivity index (χ3v) is 4.45. The zero-order valence-corrected chi connectivity index (χ0v) is 13.5. The van der Waals surface area contributed by atoms with Gasteiger partial charge in [0.25, 0.3) is 0 Å². The van der Waals surface area contributed by atoms with Gasteiger partial charge in [-0.05, 0) is 25.7 Å². The highest BCUT2D eigenvalue weighted by molar-refractivity contribution is 6.21. The van der Waals surface area contributed by atoms with E-state index in [4.69, 9.17) is 16.3 Å². The highest BCUT2D eigenvalue weighted by Gasteiger charge is 2.34. The molecule has 0 saturated carbocycles. The second kappa shape index (κ2) is 9.76. The van der Waals surface area contributed by atoms with Crippen molar-refractivity contribution in [2.75, 3.05) is 7.11 Å². The number of hydrogen-bond donors (Lipinski definition) is 2. The van der Waals surface area contributed by atoms with Crippen LogP contribution in [0.25, 0.3) is 0 Å². The maximum atomic E-state index is 10.2. The molecule has 2 N–H and O–H groups in total. The lowest BCUT2D eigenvalue weighted by atomic mass is 9.88. The normalized spacial score (nSPS) is 21.9. The molecule has 0 rings (SSSR count). The molecule has 6 atom stereocenters. The third kappa shape index (κ3) is 5.82. The van der Waals surface area contributed by atoms with Crippen molar-refractivity contribution in [3.63, 3.8) is 0 Å². The number of aliphatic hydroxyl groups excluding tert-OH is 2. The van der Waals surface area contributed by atoms with Crippen molar-refractivity contribution in [3.8, 4) is 0 Å². The van der Waals surface area contributed by atoms with E-state index in [-0.39, 0.29) is 17.9 Å². The van der Waals surface area contributed by atoms with Gasteiger partial charge >= 0.3 is 0 Å². The van der Waals surface area contributed by atoms with E-state index < -0.39 is 17.6 Å². The number of methoxy groups -OCH3 is 1. The van der Waals surface area contributed by atoms with E-state index in [9.17, 15) is 10.2 Å². The van der Waals surface area contributed by atoms with Crippen LogP contribution in [0.3, 0.4) is 0 Å². The average molecular weight is 293 g/mol. The van der Waals surface area contributed by atoms with Crippen molar-refractivity contribution in [2.45, 2.75) is 64.2 Å². The second-order valence-corrected chi connectivity index (χ2v) is 5.75. The summed E-state index contributed by atoms with van der Waals surface area (Å²) in [6, 6.07) is 0. The van der Waals surface area contributed by atoms with Gasteiger partial charge in [-0.2, -0.15) is 0 Å². The van der Waals surface area contributed by atoms with Gasteiger partial charge in [0.05, 0.1) is 23.7 Å². The second-order valence-electron chi connectivity index (χ2n) is 5.25. The van der Waals surface area contributed by atoms with Crippen LogP contribution in [0.2, 0.25) is 0 Å². The van der Waals surface area contributed by atoms with Crippen LogP contribution >= 0.6 is 11.6 Å². The first-order valence-corrected chi connectivity index (χ1v) is 7.48. The molecular weight excluding hydrogens is 264 g/mol. The van der Waals surface area contributed by atoms with Gasteiger partial charge in [0, 0.05) is 13.0 Å². The first-order chi connectivity index (χ1) is 8.90. The van der Waals surface area contributed by atoms with Crippen LogP contribution in [0.4, 0.5) is 0 Å². The van der Waals surface area contributed by atoms with Crippen LogP contribution < -0.4 is 0 Å². The molecule has 0 heterocycles. The fourth-order valence-corrected chi connectivity index (χ4v) is 2.60. The Bertz CT molecular complexity index is 254. The van der Waals surface area contributed by atoms with Gasteiger partial charge < -0.3 is 14.9 Å². The largest absolute Gasteiger partial charge is 0.390 e. The Balaban J connectivity index is 4.56. The Morgan fingerprint density at radius 3 is 2.21 bits per heavy atom. The third-order valence-electron chi connectivity index (χ3n) is 3.80. The minimum Gasteiger partial charge on any atom is -0.390 e. The summed E-state index contributed by atoms with van der Waals surface area (Å²) in [4.78, 5) is 0. The van der Waals surface area contributed by atoms with Crippen LogP contribution in [-0.4, -0.2) is 41.0 Å². The quantitative estimate of drug-likeness (QED) is 0.507. The van der Waals surface area contributed by atoms with Crippen molar-refractivity contribution in [3.05, 3.63) is 12.2 Å². The molecule has 0 fully saturated rings. The molecule has 114 valence electrons. The molecule has 6 unspecified atom stereocenters. The molecule has 0 aliphatic carbocycles. The van der Waals surface area contributed by atoms with E-state index in [0.717, 1.165) is 12.8 Å². The van der Waals surface area contributed by atoms with E-state index in [1.807, 2.05) is 39.8 Å². The van der Waals surface area contributed by atoms with Crippen molar-refractivity contribution in [1.29, 1.82) is 0 Å². The summed E-state index contributed by atoms with van der Waals surface area (Å²) in [7, 11) is 1.64. The molecule has 0 amide bonds. The summed E-state index contributed by atoms with van der Waals surface area (Å²) < 4.78 is 5.35. The van der Waals surface area contributed by atoms with Crippen LogP contribution in [0.5, 0.6) is 0 Å². The minimum absolute atomic E-state index is 0.00445. The summed E-state index contributed by atoms with van der Waals surface area (Å²) in [5.41, 5.74) is 0. The molecule has 0 bridgehead atoms. The maximum absolute atomic E-state index is 10.2. The molecule has 0 saturated heterocycles. The van der Waals surface area contributed by atoms with Gasteiger partial charge in [0.15, 0.2) is 0 Å². The van der Waals surface area contributed by atoms with Crippen LogP contribution in [0, 0.1) is 11.8 Å². The van der Waals surface area contributed by atoms with Gasteiger partial charge in [0.2, 0.25) is 0 Å². The number of hydrogen-bond acceptors (Lipinski definition) is 3. The summed E-state index contributed by atoms with van der Waals surface area (Å²) in [6.45, 7) is 7.82. The van der Waals surface area contributed by atoms with E-state index in [2.05, 4.69) is 0 Å². The van der Waals surface area contributed by atoms with Gasteiger partial charge in [-0.15, -0.1) is 11.6 Å². The summed E-state index contributed by atoms with van der Waals surface area (Å²) >= 11 is 6.30. The Labute approximate surface area is 122 Å². The number of halogens is 1. The topological polar surface area (TPSA) is 49.7 Å². The number of ether oxygens (including phenoxy) is 1. The Hall–Kier alpha value is -0.0900. The number of allylic oxidation sites excluding steroid dienone is 2. The van der Waals surface area contributed by atoms with Crippen molar-refractivity contribution >= 4 is 11.6 Å².